The van der Waals surface area contributed by atoms with Crippen molar-refractivity contribution < 1.29 is 23.1 Å². The second-order valence-electron chi connectivity index (χ2n) is 5.96. The van der Waals surface area contributed by atoms with Gasteiger partial charge in [0.1, 0.15) is 6.54 Å². The maximum absolute atomic E-state index is 12.8. The van der Waals surface area contributed by atoms with Crippen molar-refractivity contribution in [2.75, 3.05) is 13.1 Å². The number of carbonyl (C=O) groups excluding carboxylic acids is 1. The highest BCUT2D eigenvalue weighted by atomic mass is 32.2. The molecule has 0 atom stereocenters. The minimum atomic E-state index is -3.67. The molecular formula is C18H18N2O5S. The molecule has 2 aromatic carbocycles. The van der Waals surface area contributed by atoms with Gasteiger partial charge in [-0.3, -0.25) is 9.59 Å². The Morgan fingerprint density at radius 3 is 2.35 bits per heavy atom. The van der Waals surface area contributed by atoms with Gasteiger partial charge in [-0.1, -0.05) is 24.3 Å². The summed E-state index contributed by atoms with van der Waals surface area (Å²) in [5.41, 5.74) is 2.35. The summed E-state index contributed by atoms with van der Waals surface area (Å²) < 4.78 is 27.1. The van der Waals surface area contributed by atoms with E-state index in [1.54, 1.807) is 0 Å². The molecule has 0 radical (unpaired) electrons. The quantitative estimate of drug-likeness (QED) is 0.820. The first-order valence-electron chi connectivity index (χ1n) is 8.05. The molecule has 1 aliphatic heterocycles. The normalized spacial score (nSPS) is 14.5. The van der Waals surface area contributed by atoms with Crippen LogP contribution in [0.25, 0.3) is 0 Å². The number of rotatable bonds is 5. The molecule has 1 heterocycles. The molecule has 8 heteroatoms. The van der Waals surface area contributed by atoms with Crippen molar-refractivity contribution in [1.82, 2.24) is 9.62 Å². The second kappa shape index (κ2) is 7.27. The summed E-state index contributed by atoms with van der Waals surface area (Å²) in [7, 11) is -3.67. The van der Waals surface area contributed by atoms with Crippen LogP contribution >= 0.6 is 0 Å². The number of benzene rings is 2. The Morgan fingerprint density at radius 2 is 1.69 bits per heavy atom. The van der Waals surface area contributed by atoms with Crippen LogP contribution in [0.1, 0.15) is 21.5 Å². The number of aliphatic carboxylic acids is 1. The fourth-order valence-electron chi connectivity index (χ4n) is 2.86. The van der Waals surface area contributed by atoms with Crippen LogP contribution in [0, 0.1) is 0 Å². The molecule has 1 aliphatic rings. The minimum Gasteiger partial charge on any atom is -0.480 e. The van der Waals surface area contributed by atoms with Crippen molar-refractivity contribution in [3.63, 3.8) is 0 Å². The van der Waals surface area contributed by atoms with Gasteiger partial charge in [0.15, 0.2) is 0 Å². The first-order valence-corrected chi connectivity index (χ1v) is 9.49. The molecule has 136 valence electrons. The topological polar surface area (TPSA) is 104 Å². The standard InChI is InChI=1S/C18H18N2O5S/c21-17(22)11-19-18(23)14-5-7-16(8-6-14)26(24,25)20-10-9-13-3-1-2-4-15(13)12-20/h1-8H,9-12H2,(H,19,23)(H,21,22). The summed E-state index contributed by atoms with van der Waals surface area (Å²) in [6.45, 7) is 0.228. The Hall–Kier alpha value is -2.71. The van der Waals surface area contributed by atoms with Gasteiger partial charge in [-0.05, 0) is 41.8 Å². The molecule has 7 nitrogen and oxygen atoms in total. The monoisotopic (exact) mass is 374 g/mol. The van der Waals surface area contributed by atoms with Gasteiger partial charge in [0, 0.05) is 18.7 Å². The molecule has 0 unspecified atom stereocenters. The molecule has 2 N–H and O–H groups in total. The van der Waals surface area contributed by atoms with E-state index in [0.29, 0.717) is 19.5 Å². The molecule has 0 aromatic heterocycles. The van der Waals surface area contributed by atoms with Crippen LogP contribution in [0.4, 0.5) is 0 Å². The van der Waals surface area contributed by atoms with Crippen LogP contribution in [0.3, 0.4) is 0 Å². The predicted molar refractivity (Wildman–Crippen MR) is 94.2 cm³/mol. The lowest BCUT2D eigenvalue weighted by molar-refractivity contribution is -0.135. The van der Waals surface area contributed by atoms with E-state index < -0.39 is 28.4 Å². The van der Waals surface area contributed by atoms with Gasteiger partial charge >= 0.3 is 5.97 Å². The fourth-order valence-corrected chi connectivity index (χ4v) is 4.28. The highest BCUT2D eigenvalue weighted by Crippen LogP contribution is 2.25. The predicted octanol–water partition coefficient (Wildman–Crippen LogP) is 1.25. The molecular weight excluding hydrogens is 356 g/mol. The van der Waals surface area contributed by atoms with E-state index >= 15 is 0 Å². The Labute approximate surface area is 151 Å². The Kier molecular flexibility index (Phi) is 5.06. The summed E-state index contributed by atoms with van der Waals surface area (Å²) in [6.07, 6.45) is 0.658. The third-order valence-electron chi connectivity index (χ3n) is 4.25. The molecule has 0 fully saturated rings. The lowest BCUT2D eigenvalue weighted by Crippen LogP contribution is -2.36. The zero-order valence-corrected chi connectivity index (χ0v) is 14.7. The number of carboxylic acid groups (broad SMARTS) is 1. The number of hydrogen-bond donors (Lipinski definition) is 2. The lowest BCUT2D eigenvalue weighted by atomic mass is 10.0. The maximum atomic E-state index is 12.8. The van der Waals surface area contributed by atoms with Gasteiger partial charge in [-0.15, -0.1) is 0 Å². The first kappa shape index (κ1) is 18.1. The highest BCUT2D eigenvalue weighted by Gasteiger charge is 2.28. The number of nitrogens with zero attached hydrogens (tertiary/aromatic N) is 1. The van der Waals surface area contributed by atoms with E-state index in [1.807, 2.05) is 24.3 Å². The third kappa shape index (κ3) is 3.76. The molecule has 0 saturated heterocycles. The largest absolute Gasteiger partial charge is 0.480 e. The van der Waals surface area contributed by atoms with Gasteiger partial charge in [0.05, 0.1) is 4.90 Å². The van der Waals surface area contributed by atoms with Crippen LogP contribution < -0.4 is 5.32 Å². The Morgan fingerprint density at radius 1 is 1.04 bits per heavy atom. The van der Waals surface area contributed by atoms with E-state index in [0.717, 1.165) is 11.1 Å². The molecule has 1 amide bonds. The number of carboxylic acids is 1. The number of carbonyl (C=O) groups is 2. The molecule has 0 bridgehead atoms. The van der Waals surface area contributed by atoms with E-state index in [1.165, 1.54) is 28.6 Å². The molecule has 3 rings (SSSR count). The van der Waals surface area contributed by atoms with Crippen molar-refractivity contribution in [1.29, 1.82) is 0 Å². The molecule has 2 aromatic rings. The number of nitrogens with one attached hydrogen (secondary N) is 1. The summed E-state index contributed by atoms with van der Waals surface area (Å²) in [6, 6.07) is 13.2. The van der Waals surface area contributed by atoms with Gasteiger partial charge in [-0.2, -0.15) is 4.31 Å². The Balaban J connectivity index is 1.76. The summed E-state index contributed by atoms with van der Waals surface area (Å²) in [5.74, 6) is -1.72. The van der Waals surface area contributed by atoms with Crippen molar-refractivity contribution in [3.8, 4) is 0 Å². The smallest absolute Gasteiger partial charge is 0.322 e. The van der Waals surface area contributed by atoms with Gasteiger partial charge in [0.25, 0.3) is 5.91 Å². The zero-order chi connectivity index (χ0) is 18.7. The van der Waals surface area contributed by atoms with Crippen molar-refractivity contribution in [2.45, 2.75) is 17.9 Å². The number of fused-ring (bicyclic) bond motifs is 1. The SMILES string of the molecule is O=C(O)CNC(=O)c1ccc(S(=O)(=O)N2CCc3ccccc3C2)cc1. The van der Waals surface area contributed by atoms with Crippen molar-refractivity contribution >= 4 is 21.9 Å². The van der Waals surface area contributed by atoms with E-state index in [9.17, 15) is 18.0 Å². The summed E-state index contributed by atoms with van der Waals surface area (Å²) in [5, 5.41) is 10.8. The lowest BCUT2D eigenvalue weighted by Gasteiger charge is -2.28. The number of hydrogen-bond acceptors (Lipinski definition) is 4. The van der Waals surface area contributed by atoms with Gasteiger partial charge in [0.2, 0.25) is 10.0 Å². The zero-order valence-electron chi connectivity index (χ0n) is 13.9. The van der Waals surface area contributed by atoms with E-state index in [2.05, 4.69) is 5.32 Å². The highest BCUT2D eigenvalue weighted by molar-refractivity contribution is 7.89. The van der Waals surface area contributed by atoms with Crippen molar-refractivity contribution in [2.24, 2.45) is 0 Å². The third-order valence-corrected chi connectivity index (χ3v) is 6.11. The van der Waals surface area contributed by atoms with E-state index in [4.69, 9.17) is 5.11 Å². The average Bonchev–Trinajstić information content (AvgIpc) is 2.65. The maximum Gasteiger partial charge on any atom is 0.322 e. The molecule has 0 saturated carbocycles. The van der Waals surface area contributed by atoms with E-state index in [-0.39, 0.29) is 10.5 Å². The molecule has 26 heavy (non-hydrogen) atoms. The van der Waals surface area contributed by atoms with Gasteiger partial charge < -0.3 is 10.4 Å². The molecule has 0 spiro atoms. The summed E-state index contributed by atoms with van der Waals surface area (Å²) >= 11 is 0. The number of amides is 1. The van der Waals surface area contributed by atoms with Gasteiger partial charge in [-0.25, -0.2) is 8.42 Å². The van der Waals surface area contributed by atoms with Crippen LogP contribution in [0.15, 0.2) is 53.4 Å². The fraction of sp³-hybridized carbons (Fsp3) is 0.222. The first-order chi connectivity index (χ1) is 12.4. The Bertz CT molecular complexity index is 938. The minimum absolute atomic E-state index is 0.103. The second-order valence-corrected chi connectivity index (χ2v) is 7.90. The van der Waals surface area contributed by atoms with Crippen LogP contribution in [0.2, 0.25) is 0 Å². The summed E-state index contributed by atoms with van der Waals surface area (Å²) in [4.78, 5) is 22.4. The average molecular weight is 374 g/mol. The van der Waals surface area contributed by atoms with Crippen LogP contribution in [-0.4, -0.2) is 42.8 Å². The number of sulfonamides is 1. The van der Waals surface area contributed by atoms with Crippen LogP contribution in [0.5, 0.6) is 0 Å². The molecule has 0 aliphatic carbocycles. The van der Waals surface area contributed by atoms with Crippen molar-refractivity contribution in [3.05, 3.63) is 65.2 Å². The van der Waals surface area contributed by atoms with Crippen LogP contribution in [-0.2, 0) is 27.8 Å².